The number of piperidine rings is 1. The van der Waals surface area contributed by atoms with E-state index in [0.29, 0.717) is 26.2 Å². The summed E-state index contributed by atoms with van der Waals surface area (Å²) < 4.78 is 5.20. The molecule has 1 aromatic carbocycles. The molecule has 0 bridgehead atoms. The molecule has 2 saturated heterocycles. The number of rotatable bonds is 2. The van der Waals surface area contributed by atoms with Crippen LogP contribution in [-0.4, -0.2) is 59.4 Å². The maximum absolute atomic E-state index is 12.8. The Labute approximate surface area is 172 Å². The molecule has 0 saturated carbocycles. The van der Waals surface area contributed by atoms with E-state index in [4.69, 9.17) is 4.74 Å². The normalized spacial score (nSPS) is 18.2. The third kappa shape index (κ3) is 4.97. The van der Waals surface area contributed by atoms with Crippen molar-refractivity contribution in [3.63, 3.8) is 0 Å². The minimum atomic E-state index is -1.15. The van der Waals surface area contributed by atoms with Gasteiger partial charge in [0, 0.05) is 44.6 Å². The van der Waals surface area contributed by atoms with E-state index >= 15 is 0 Å². The van der Waals surface area contributed by atoms with Gasteiger partial charge in [0.25, 0.3) is 11.8 Å². The van der Waals surface area contributed by atoms with Crippen LogP contribution in [0.3, 0.4) is 0 Å². The molecule has 0 unspecified atom stereocenters. The summed E-state index contributed by atoms with van der Waals surface area (Å²) in [5, 5.41) is 0. The maximum atomic E-state index is 12.8. The predicted molar refractivity (Wildman–Crippen MR) is 109 cm³/mol. The van der Waals surface area contributed by atoms with Gasteiger partial charge in [-0.25, -0.2) is 0 Å². The largest absolute Gasteiger partial charge is 0.450 e. The molecule has 29 heavy (non-hydrogen) atoms. The van der Waals surface area contributed by atoms with E-state index < -0.39 is 11.6 Å². The Morgan fingerprint density at radius 3 is 2.17 bits per heavy atom. The van der Waals surface area contributed by atoms with Crippen molar-refractivity contribution in [2.45, 2.75) is 45.6 Å². The lowest BCUT2D eigenvalue weighted by atomic mass is 9.77. The Morgan fingerprint density at radius 1 is 1.00 bits per heavy atom. The van der Waals surface area contributed by atoms with Gasteiger partial charge >= 0.3 is 5.97 Å². The van der Waals surface area contributed by atoms with Crippen LogP contribution in [0.15, 0.2) is 30.3 Å². The van der Waals surface area contributed by atoms with Crippen molar-refractivity contribution in [3.05, 3.63) is 35.9 Å². The van der Waals surface area contributed by atoms with Crippen LogP contribution in [0.5, 0.6) is 0 Å². The van der Waals surface area contributed by atoms with Crippen LogP contribution < -0.4 is 0 Å². The summed E-state index contributed by atoms with van der Waals surface area (Å²) in [6.07, 6.45) is 2.61. The average Bonchev–Trinajstić information content (AvgIpc) is 3.09. The first kappa shape index (κ1) is 20.9. The van der Waals surface area contributed by atoms with Gasteiger partial charge < -0.3 is 14.5 Å². The fourth-order valence-corrected chi connectivity index (χ4v) is 4.21. The summed E-state index contributed by atoms with van der Waals surface area (Å²) in [5.74, 6) is 4.90. The predicted octanol–water partition coefficient (Wildman–Crippen LogP) is 2.22. The van der Waals surface area contributed by atoms with Gasteiger partial charge in [-0.1, -0.05) is 24.1 Å². The Bertz CT molecular complexity index is 843. The molecular weight excluding hydrogens is 368 g/mol. The summed E-state index contributed by atoms with van der Waals surface area (Å²) >= 11 is 0. The molecule has 1 spiro atoms. The second-order valence-corrected chi connectivity index (χ2v) is 8.49. The van der Waals surface area contributed by atoms with Crippen molar-refractivity contribution in [2.24, 2.45) is 5.41 Å². The molecule has 154 valence electrons. The molecule has 0 aliphatic carbocycles. The lowest BCUT2D eigenvalue weighted by Crippen LogP contribution is -2.49. The van der Waals surface area contributed by atoms with Gasteiger partial charge in [-0.3, -0.25) is 14.4 Å². The molecule has 3 rings (SSSR count). The standard InChI is InChI=1S/C23H28N2O4/c1-18(26)29-22(2,3)21(28)25-16-13-23(17-25)11-14-24(15-12-23)20(27)10-9-19-7-5-4-6-8-19/h4-8H,11-17H2,1-3H3. The molecular formula is C23H28N2O4. The Hall–Kier alpha value is -2.81. The van der Waals surface area contributed by atoms with Crippen molar-refractivity contribution in [1.29, 1.82) is 0 Å². The Morgan fingerprint density at radius 2 is 1.59 bits per heavy atom. The first-order chi connectivity index (χ1) is 13.7. The van der Waals surface area contributed by atoms with Crippen LogP contribution in [0.2, 0.25) is 0 Å². The highest BCUT2D eigenvalue weighted by Gasteiger charge is 2.46. The Balaban J connectivity index is 1.55. The van der Waals surface area contributed by atoms with Crippen molar-refractivity contribution in [2.75, 3.05) is 26.2 Å². The van der Waals surface area contributed by atoms with Gasteiger partial charge in [-0.2, -0.15) is 0 Å². The van der Waals surface area contributed by atoms with E-state index in [0.717, 1.165) is 24.8 Å². The minimum absolute atomic E-state index is 0.0333. The SMILES string of the molecule is CC(=O)OC(C)(C)C(=O)N1CCC2(CCN(C(=O)C#Cc3ccccc3)CC2)C1. The van der Waals surface area contributed by atoms with E-state index in [1.165, 1.54) is 6.92 Å². The lowest BCUT2D eigenvalue weighted by molar-refractivity contribution is -0.168. The molecule has 0 radical (unpaired) electrons. The second kappa shape index (κ2) is 8.28. The van der Waals surface area contributed by atoms with Gasteiger partial charge in [-0.05, 0) is 50.7 Å². The van der Waals surface area contributed by atoms with Gasteiger partial charge in [-0.15, -0.1) is 0 Å². The smallest absolute Gasteiger partial charge is 0.303 e. The van der Waals surface area contributed by atoms with Crippen LogP contribution in [-0.2, 0) is 19.1 Å². The van der Waals surface area contributed by atoms with Gasteiger partial charge in [0.15, 0.2) is 5.60 Å². The van der Waals surface area contributed by atoms with Crippen molar-refractivity contribution < 1.29 is 19.1 Å². The topological polar surface area (TPSA) is 66.9 Å². The molecule has 0 N–H and O–H groups in total. The number of amides is 2. The summed E-state index contributed by atoms with van der Waals surface area (Å²) in [4.78, 5) is 40.1. The monoisotopic (exact) mass is 396 g/mol. The fourth-order valence-electron chi connectivity index (χ4n) is 4.21. The number of carbonyl (C=O) groups is 3. The van der Waals surface area contributed by atoms with Crippen molar-refractivity contribution >= 4 is 17.8 Å². The van der Waals surface area contributed by atoms with Gasteiger partial charge in [0.1, 0.15) is 0 Å². The van der Waals surface area contributed by atoms with Crippen LogP contribution in [0.25, 0.3) is 0 Å². The lowest BCUT2D eigenvalue weighted by Gasteiger charge is -2.39. The van der Waals surface area contributed by atoms with Crippen LogP contribution >= 0.6 is 0 Å². The third-order valence-corrected chi connectivity index (χ3v) is 5.84. The van der Waals surface area contributed by atoms with Crippen molar-refractivity contribution in [1.82, 2.24) is 9.80 Å². The molecule has 2 amide bonds. The van der Waals surface area contributed by atoms with E-state index in [-0.39, 0.29) is 17.2 Å². The number of likely N-dealkylation sites (tertiary alicyclic amines) is 2. The number of benzene rings is 1. The van der Waals surface area contributed by atoms with E-state index in [1.54, 1.807) is 23.6 Å². The summed E-state index contributed by atoms with van der Waals surface area (Å²) in [7, 11) is 0. The fraction of sp³-hybridized carbons (Fsp3) is 0.522. The highest BCUT2D eigenvalue weighted by molar-refractivity contribution is 5.94. The first-order valence-corrected chi connectivity index (χ1v) is 10.1. The second-order valence-electron chi connectivity index (χ2n) is 8.49. The quantitative estimate of drug-likeness (QED) is 0.568. The maximum Gasteiger partial charge on any atom is 0.303 e. The number of ether oxygens (including phenoxy) is 1. The molecule has 0 atom stereocenters. The van der Waals surface area contributed by atoms with Crippen LogP contribution in [0, 0.1) is 17.3 Å². The van der Waals surface area contributed by atoms with Gasteiger partial charge in [0.2, 0.25) is 0 Å². The molecule has 6 heteroatoms. The summed E-state index contributed by atoms with van der Waals surface area (Å²) in [6, 6.07) is 9.48. The number of carbonyl (C=O) groups excluding carboxylic acids is 3. The molecule has 2 fully saturated rings. The molecule has 1 aromatic rings. The van der Waals surface area contributed by atoms with Crippen LogP contribution in [0.1, 0.15) is 45.6 Å². The highest BCUT2D eigenvalue weighted by Crippen LogP contribution is 2.41. The van der Waals surface area contributed by atoms with Crippen molar-refractivity contribution in [3.8, 4) is 11.8 Å². The number of esters is 1. The number of nitrogens with zero attached hydrogens (tertiary/aromatic N) is 2. The summed E-state index contributed by atoms with van der Waals surface area (Å²) in [6.45, 7) is 7.19. The average molecular weight is 396 g/mol. The zero-order valence-corrected chi connectivity index (χ0v) is 17.4. The van der Waals surface area contributed by atoms with E-state index in [2.05, 4.69) is 11.8 Å². The molecule has 6 nitrogen and oxygen atoms in total. The first-order valence-electron chi connectivity index (χ1n) is 10.1. The van der Waals surface area contributed by atoms with Gasteiger partial charge in [0.05, 0.1) is 0 Å². The summed E-state index contributed by atoms with van der Waals surface area (Å²) in [5.41, 5.74) is -0.290. The highest BCUT2D eigenvalue weighted by atomic mass is 16.6. The molecule has 2 heterocycles. The minimum Gasteiger partial charge on any atom is -0.450 e. The Kier molecular flexibility index (Phi) is 5.97. The number of hydrogen-bond donors (Lipinski definition) is 0. The number of hydrogen-bond acceptors (Lipinski definition) is 4. The molecule has 2 aliphatic heterocycles. The van der Waals surface area contributed by atoms with E-state index in [9.17, 15) is 14.4 Å². The molecule has 0 aromatic heterocycles. The van der Waals surface area contributed by atoms with Crippen LogP contribution in [0.4, 0.5) is 0 Å². The molecule has 2 aliphatic rings. The third-order valence-electron chi connectivity index (χ3n) is 5.84. The zero-order chi connectivity index (χ0) is 21.1. The van der Waals surface area contributed by atoms with E-state index in [1.807, 2.05) is 30.3 Å². The zero-order valence-electron chi connectivity index (χ0n) is 17.4.